The molecule has 5 aromatic heterocycles. The molecule has 0 aliphatic rings. The standard InChI is InChI=1S/C50H27N3O2S/c1-2-13-28(14-3-1)45-49-46(35-19-8-11-24-42(35)56-49)52-50(51-45)53-38-22-9-6-18-34(38)44-39(53)26-25-36-43-31-17-5-4-15-29(31)37(27-41(43)55-48(36)44)33-21-12-20-32-30-16-7-10-23-40(30)54-47(32)33/h1-27H. The summed E-state index contributed by atoms with van der Waals surface area (Å²) in [4.78, 5) is 10.7. The Kier molecular flexibility index (Phi) is 5.98. The number of para-hydroxylation sites is 3. The molecule has 0 unspecified atom stereocenters. The van der Waals surface area contributed by atoms with Crippen LogP contribution in [0.5, 0.6) is 0 Å². The molecule has 0 N–H and O–H groups in total. The lowest BCUT2D eigenvalue weighted by atomic mass is 9.93. The molecule has 0 spiro atoms. The minimum atomic E-state index is 0.633. The van der Waals surface area contributed by atoms with Gasteiger partial charge < -0.3 is 8.83 Å². The molecule has 0 saturated carbocycles. The maximum Gasteiger partial charge on any atom is 0.235 e. The lowest BCUT2D eigenvalue weighted by Crippen LogP contribution is -2.02. The van der Waals surface area contributed by atoms with E-state index in [0.29, 0.717) is 5.95 Å². The molecule has 8 aromatic carbocycles. The fourth-order valence-corrected chi connectivity index (χ4v) is 10.2. The van der Waals surface area contributed by atoms with Crippen molar-refractivity contribution in [3.8, 4) is 28.3 Å². The number of rotatable bonds is 3. The predicted molar refractivity (Wildman–Crippen MR) is 232 cm³/mol. The largest absolute Gasteiger partial charge is 0.455 e. The molecular weight excluding hydrogens is 707 g/mol. The Morgan fingerprint density at radius 2 is 1.16 bits per heavy atom. The highest BCUT2D eigenvalue weighted by Gasteiger charge is 2.24. The first-order valence-corrected chi connectivity index (χ1v) is 19.6. The van der Waals surface area contributed by atoms with Crippen molar-refractivity contribution in [1.29, 1.82) is 0 Å². The van der Waals surface area contributed by atoms with Crippen LogP contribution in [0.3, 0.4) is 0 Å². The van der Waals surface area contributed by atoms with Gasteiger partial charge >= 0.3 is 0 Å². The molecule has 0 atom stereocenters. The van der Waals surface area contributed by atoms with Crippen molar-refractivity contribution < 1.29 is 8.83 Å². The summed E-state index contributed by atoms with van der Waals surface area (Å²) < 4.78 is 18.1. The fraction of sp³-hybridized carbons (Fsp3) is 0. The second-order valence-corrected chi connectivity index (χ2v) is 15.5. The molecule has 0 fully saturated rings. The van der Waals surface area contributed by atoms with E-state index in [9.17, 15) is 0 Å². The van der Waals surface area contributed by atoms with Gasteiger partial charge in [-0.25, -0.2) is 9.97 Å². The SMILES string of the molecule is c1ccc(-c2nc(-n3c4ccccc4c4c5oc6cc(-c7cccc8c7oc7ccccc78)c7ccccc7c6c5ccc43)nc3c2sc2ccccc23)cc1. The van der Waals surface area contributed by atoms with Crippen LogP contribution in [0.4, 0.5) is 0 Å². The van der Waals surface area contributed by atoms with Gasteiger partial charge in [0.05, 0.1) is 32.3 Å². The lowest BCUT2D eigenvalue weighted by Gasteiger charge is -2.10. The second kappa shape index (κ2) is 11.1. The molecule has 0 bridgehead atoms. The Morgan fingerprint density at radius 1 is 0.446 bits per heavy atom. The summed E-state index contributed by atoms with van der Waals surface area (Å²) >= 11 is 1.75. The van der Waals surface area contributed by atoms with E-state index in [2.05, 4.69) is 150 Å². The highest BCUT2D eigenvalue weighted by Crippen LogP contribution is 2.47. The summed E-state index contributed by atoms with van der Waals surface area (Å²) in [6.07, 6.45) is 0. The smallest absolute Gasteiger partial charge is 0.235 e. The molecular formula is C50H27N3O2S. The number of thiophene rings is 1. The molecule has 13 aromatic rings. The first-order valence-electron chi connectivity index (χ1n) is 18.7. The maximum atomic E-state index is 7.09. The minimum Gasteiger partial charge on any atom is -0.455 e. The highest BCUT2D eigenvalue weighted by atomic mass is 32.1. The molecule has 0 aliphatic heterocycles. The average molecular weight is 734 g/mol. The van der Waals surface area contributed by atoms with Gasteiger partial charge in [0, 0.05) is 48.1 Å². The van der Waals surface area contributed by atoms with Crippen molar-refractivity contribution in [2.75, 3.05) is 0 Å². The van der Waals surface area contributed by atoms with Crippen molar-refractivity contribution >= 4 is 108 Å². The normalized spacial score (nSPS) is 12.3. The molecule has 0 radical (unpaired) electrons. The van der Waals surface area contributed by atoms with Gasteiger partial charge in [0.2, 0.25) is 5.95 Å². The van der Waals surface area contributed by atoms with Crippen LogP contribution < -0.4 is 0 Å². The Hall–Kier alpha value is -7.28. The van der Waals surface area contributed by atoms with Crippen molar-refractivity contribution in [3.05, 3.63) is 164 Å². The zero-order chi connectivity index (χ0) is 36.5. The first kappa shape index (κ1) is 30.1. The van der Waals surface area contributed by atoms with Crippen LogP contribution in [0.25, 0.3) is 125 Å². The quantitative estimate of drug-likeness (QED) is 0.181. The van der Waals surface area contributed by atoms with Crippen LogP contribution in [-0.2, 0) is 0 Å². The van der Waals surface area contributed by atoms with Crippen molar-refractivity contribution in [1.82, 2.24) is 14.5 Å². The van der Waals surface area contributed by atoms with Gasteiger partial charge in [-0.3, -0.25) is 4.57 Å². The molecule has 56 heavy (non-hydrogen) atoms. The van der Waals surface area contributed by atoms with Crippen LogP contribution in [0.1, 0.15) is 0 Å². The van der Waals surface area contributed by atoms with E-state index in [-0.39, 0.29) is 0 Å². The fourth-order valence-electron chi connectivity index (χ4n) is 9.02. The third kappa shape index (κ3) is 4.03. The van der Waals surface area contributed by atoms with Crippen LogP contribution in [-0.4, -0.2) is 14.5 Å². The Labute approximate surface area is 322 Å². The van der Waals surface area contributed by atoms with E-state index in [4.69, 9.17) is 18.8 Å². The van der Waals surface area contributed by atoms with Crippen LogP contribution in [0, 0.1) is 0 Å². The Balaban J connectivity index is 1.12. The number of fused-ring (bicyclic) bond motifs is 15. The highest BCUT2D eigenvalue weighted by molar-refractivity contribution is 7.26. The lowest BCUT2D eigenvalue weighted by molar-refractivity contribution is 0.669. The third-order valence-electron chi connectivity index (χ3n) is 11.4. The third-order valence-corrected chi connectivity index (χ3v) is 12.6. The van der Waals surface area contributed by atoms with E-state index in [1.807, 2.05) is 18.2 Å². The maximum absolute atomic E-state index is 7.09. The molecule has 6 heteroatoms. The summed E-state index contributed by atoms with van der Waals surface area (Å²) in [5, 5.41) is 9.94. The monoisotopic (exact) mass is 733 g/mol. The van der Waals surface area contributed by atoms with Crippen LogP contribution in [0.2, 0.25) is 0 Å². The number of nitrogens with zero attached hydrogens (tertiary/aromatic N) is 3. The van der Waals surface area contributed by atoms with Crippen molar-refractivity contribution in [3.63, 3.8) is 0 Å². The van der Waals surface area contributed by atoms with Gasteiger partial charge in [-0.2, -0.15) is 0 Å². The molecule has 0 amide bonds. The molecule has 0 saturated heterocycles. The summed E-state index contributed by atoms with van der Waals surface area (Å²) in [5.74, 6) is 0.633. The zero-order valence-electron chi connectivity index (χ0n) is 29.7. The van der Waals surface area contributed by atoms with Gasteiger partial charge in [-0.05, 0) is 52.7 Å². The number of aromatic nitrogens is 3. The summed E-state index contributed by atoms with van der Waals surface area (Å²) in [7, 11) is 0. The van der Waals surface area contributed by atoms with Crippen molar-refractivity contribution in [2.24, 2.45) is 0 Å². The van der Waals surface area contributed by atoms with Crippen LogP contribution >= 0.6 is 11.3 Å². The molecule has 5 heterocycles. The molecule has 5 nitrogen and oxygen atoms in total. The average Bonchev–Trinajstić information content (AvgIpc) is 4.02. The van der Waals surface area contributed by atoms with Crippen molar-refractivity contribution in [2.45, 2.75) is 0 Å². The number of hydrogen-bond acceptors (Lipinski definition) is 5. The number of hydrogen-bond donors (Lipinski definition) is 0. The predicted octanol–water partition coefficient (Wildman–Crippen LogP) is 14.2. The van der Waals surface area contributed by atoms with Gasteiger partial charge in [0.1, 0.15) is 22.3 Å². The zero-order valence-corrected chi connectivity index (χ0v) is 30.5. The second-order valence-electron chi connectivity index (χ2n) is 14.4. The van der Waals surface area contributed by atoms with Gasteiger partial charge in [-0.1, -0.05) is 127 Å². The number of furan rings is 2. The summed E-state index contributed by atoms with van der Waals surface area (Å²) in [5.41, 5.74) is 10.5. The first-order chi connectivity index (χ1) is 27.8. The van der Waals surface area contributed by atoms with E-state index in [0.717, 1.165) is 114 Å². The van der Waals surface area contributed by atoms with E-state index in [1.54, 1.807) is 11.3 Å². The van der Waals surface area contributed by atoms with E-state index < -0.39 is 0 Å². The molecule has 0 aliphatic carbocycles. The van der Waals surface area contributed by atoms with Crippen LogP contribution in [0.15, 0.2) is 173 Å². The molecule has 13 rings (SSSR count). The van der Waals surface area contributed by atoms with Gasteiger partial charge in [-0.15, -0.1) is 11.3 Å². The Morgan fingerprint density at radius 3 is 2.05 bits per heavy atom. The topological polar surface area (TPSA) is 57.0 Å². The van der Waals surface area contributed by atoms with Gasteiger partial charge in [0.25, 0.3) is 0 Å². The Bertz CT molecular complexity index is 3770. The van der Waals surface area contributed by atoms with E-state index in [1.165, 1.54) is 4.70 Å². The number of benzene rings is 8. The molecule has 260 valence electrons. The summed E-state index contributed by atoms with van der Waals surface area (Å²) in [6, 6.07) is 57.4. The summed E-state index contributed by atoms with van der Waals surface area (Å²) in [6.45, 7) is 0. The minimum absolute atomic E-state index is 0.633. The van der Waals surface area contributed by atoms with E-state index >= 15 is 0 Å². The van der Waals surface area contributed by atoms with Gasteiger partial charge in [0.15, 0.2) is 0 Å².